The van der Waals surface area contributed by atoms with E-state index in [4.69, 9.17) is 16.3 Å². The molecule has 1 aliphatic rings. The van der Waals surface area contributed by atoms with Crippen molar-refractivity contribution in [3.63, 3.8) is 0 Å². The number of halogens is 1. The van der Waals surface area contributed by atoms with Gasteiger partial charge in [-0.05, 0) is 55.0 Å². The number of hydrogen-bond acceptors (Lipinski definition) is 3. The molecular formula is C20H21ClN2O3. The maximum absolute atomic E-state index is 12.7. The summed E-state index contributed by atoms with van der Waals surface area (Å²) in [6.07, 6.45) is 0.751. The molecule has 1 heterocycles. The summed E-state index contributed by atoms with van der Waals surface area (Å²) in [5.74, 6) is 0.672. The van der Waals surface area contributed by atoms with Crippen molar-refractivity contribution in [1.82, 2.24) is 9.80 Å². The van der Waals surface area contributed by atoms with Crippen LogP contribution in [0.1, 0.15) is 27.1 Å². The van der Waals surface area contributed by atoms with Gasteiger partial charge in [-0.2, -0.15) is 0 Å². The second kappa shape index (κ2) is 8.23. The Hall–Kier alpha value is -2.53. The molecule has 3 rings (SSSR count). The van der Waals surface area contributed by atoms with Gasteiger partial charge in [0.25, 0.3) is 11.8 Å². The number of nitrogens with zero attached hydrogens (tertiary/aromatic N) is 2. The summed E-state index contributed by atoms with van der Waals surface area (Å²) in [6.45, 7) is 2.30. The van der Waals surface area contributed by atoms with Crippen molar-refractivity contribution in [1.29, 1.82) is 0 Å². The first-order chi connectivity index (χ1) is 12.6. The number of carbonyl (C=O) groups excluding carboxylic acids is 2. The minimum absolute atomic E-state index is 0.0200. The van der Waals surface area contributed by atoms with Crippen molar-refractivity contribution in [2.75, 3.05) is 33.3 Å². The molecule has 0 radical (unpaired) electrons. The van der Waals surface area contributed by atoms with Gasteiger partial charge < -0.3 is 14.5 Å². The number of methoxy groups -OCH3 is 1. The standard InChI is InChI=1S/C20H21ClN2O3/c1-26-18-9-5-16(6-10-18)20(25)23-12-2-11-22(13-14-23)19(24)15-3-7-17(21)8-4-15/h3-10H,2,11-14H2,1H3. The fourth-order valence-electron chi connectivity index (χ4n) is 3.01. The van der Waals surface area contributed by atoms with Crippen molar-refractivity contribution in [3.8, 4) is 5.75 Å². The molecule has 136 valence electrons. The molecule has 0 saturated carbocycles. The SMILES string of the molecule is COc1ccc(C(=O)N2CCCN(C(=O)c3ccc(Cl)cc3)CC2)cc1. The van der Waals surface area contributed by atoms with E-state index in [1.165, 1.54) is 0 Å². The number of rotatable bonds is 3. The van der Waals surface area contributed by atoms with Crippen LogP contribution in [-0.4, -0.2) is 54.9 Å². The highest BCUT2D eigenvalue weighted by atomic mass is 35.5. The van der Waals surface area contributed by atoms with Gasteiger partial charge in [0, 0.05) is 42.3 Å². The maximum Gasteiger partial charge on any atom is 0.253 e. The third-order valence-electron chi connectivity index (χ3n) is 4.50. The second-order valence-electron chi connectivity index (χ2n) is 6.17. The maximum atomic E-state index is 12.7. The molecule has 2 aromatic carbocycles. The van der Waals surface area contributed by atoms with Crippen molar-refractivity contribution in [2.24, 2.45) is 0 Å². The average Bonchev–Trinajstić information content (AvgIpc) is 2.94. The fourth-order valence-corrected chi connectivity index (χ4v) is 3.14. The summed E-state index contributed by atoms with van der Waals surface area (Å²) < 4.78 is 5.13. The molecule has 0 spiro atoms. The van der Waals surface area contributed by atoms with Gasteiger partial charge in [-0.25, -0.2) is 0 Å². The van der Waals surface area contributed by atoms with E-state index in [-0.39, 0.29) is 11.8 Å². The number of amides is 2. The minimum Gasteiger partial charge on any atom is -0.497 e. The predicted octanol–water partition coefficient (Wildman–Crippen LogP) is 3.34. The molecule has 0 aromatic heterocycles. The first-order valence-electron chi connectivity index (χ1n) is 8.56. The van der Waals surface area contributed by atoms with Gasteiger partial charge in [0.1, 0.15) is 5.75 Å². The van der Waals surface area contributed by atoms with E-state index < -0.39 is 0 Å². The molecule has 0 aliphatic carbocycles. The molecule has 2 amide bonds. The third-order valence-corrected chi connectivity index (χ3v) is 4.75. The molecule has 0 bridgehead atoms. The third kappa shape index (κ3) is 4.17. The monoisotopic (exact) mass is 372 g/mol. The molecule has 6 heteroatoms. The molecule has 0 atom stereocenters. The number of carbonyl (C=O) groups is 2. The molecular weight excluding hydrogens is 352 g/mol. The van der Waals surface area contributed by atoms with E-state index in [1.54, 1.807) is 65.4 Å². The Labute approximate surface area is 158 Å². The Morgan fingerprint density at radius 3 is 1.73 bits per heavy atom. The Morgan fingerprint density at radius 1 is 0.808 bits per heavy atom. The van der Waals surface area contributed by atoms with Crippen LogP contribution in [0.15, 0.2) is 48.5 Å². The van der Waals surface area contributed by atoms with Gasteiger partial charge in [0.2, 0.25) is 0 Å². The van der Waals surface area contributed by atoms with E-state index in [1.807, 2.05) is 0 Å². The summed E-state index contributed by atoms with van der Waals surface area (Å²) in [6, 6.07) is 14.0. The first-order valence-corrected chi connectivity index (χ1v) is 8.94. The van der Waals surface area contributed by atoms with E-state index in [0.717, 1.165) is 12.2 Å². The van der Waals surface area contributed by atoms with E-state index >= 15 is 0 Å². The second-order valence-corrected chi connectivity index (χ2v) is 6.61. The lowest BCUT2D eigenvalue weighted by atomic mass is 10.2. The highest BCUT2D eigenvalue weighted by Crippen LogP contribution is 2.16. The van der Waals surface area contributed by atoms with Gasteiger partial charge in [-0.3, -0.25) is 9.59 Å². The molecule has 26 heavy (non-hydrogen) atoms. The lowest BCUT2D eigenvalue weighted by Gasteiger charge is -2.22. The minimum atomic E-state index is -0.0274. The Morgan fingerprint density at radius 2 is 1.27 bits per heavy atom. The zero-order valence-corrected chi connectivity index (χ0v) is 15.4. The van der Waals surface area contributed by atoms with Crippen LogP contribution in [0.25, 0.3) is 0 Å². The lowest BCUT2D eigenvalue weighted by molar-refractivity contribution is 0.0718. The largest absolute Gasteiger partial charge is 0.497 e. The van der Waals surface area contributed by atoms with Crippen molar-refractivity contribution < 1.29 is 14.3 Å². The molecule has 2 aromatic rings. The quantitative estimate of drug-likeness (QED) is 0.830. The van der Waals surface area contributed by atoms with Crippen LogP contribution in [0.4, 0.5) is 0 Å². The molecule has 1 aliphatic heterocycles. The van der Waals surface area contributed by atoms with Crippen LogP contribution >= 0.6 is 11.6 Å². The van der Waals surface area contributed by atoms with Crippen molar-refractivity contribution >= 4 is 23.4 Å². The van der Waals surface area contributed by atoms with Crippen LogP contribution in [0.2, 0.25) is 5.02 Å². The Kier molecular flexibility index (Phi) is 5.78. The van der Waals surface area contributed by atoms with E-state index in [0.29, 0.717) is 42.3 Å². The number of hydrogen-bond donors (Lipinski definition) is 0. The van der Waals surface area contributed by atoms with Crippen LogP contribution in [0.5, 0.6) is 5.75 Å². The number of benzene rings is 2. The van der Waals surface area contributed by atoms with Gasteiger partial charge in [-0.15, -0.1) is 0 Å². The van der Waals surface area contributed by atoms with Crippen molar-refractivity contribution in [3.05, 3.63) is 64.7 Å². The Balaban J connectivity index is 1.64. The lowest BCUT2D eigenvalue weighted by Crippen LogP contribution is -2.37. The topological polar surface area (TPSA) is 49.9 Å². The molecule has 0 unspecified atom stereocenters. The van der Waals surface area contributed by atoms with Crippen LogP contribution < -0.4 is 4.74 Å². The number of ether oxygens (including phenoxy) is 1. The van der Waals surface area contributed by atoms with Crippen molar-refractivity contribution in [2.45, 2.75) is 6.42 Å². The molecule has 0 N–H and O–H groups in total. The average molecular weight is 373 g/mol. The first kappa shape index (κ1) is 18.3. The summed E-state index contributed by atoms with van der Waals surface area (Å²) in [5.41, 5.74) is 1.24. The highest BCUT2D eigenvalue weighted by molar-refractivity contribution is 6.30. The summed E-state index contributed by atoms with van der Waals surface area (Å²) >= 11 is 5.88. The Bertz CT molecular complexity index is 775. The van der Waals surface area contributed by atoms with Crippen LogP contribution in [-0.2, 0) is 0 Å². The summed E-state index contributed by atoms with van der Waals surface area (Å²) in [7, 11) is 1.60. The van der Waals surface area contributed by atoms with E-state index in [9.17, 15) is 9.59 Å². The molecule has 5 nitrogen and oxygen atoms in total. The van der Waals surface area contributed by atoms with Crippen LogP contribution in [0.3, 0.4) is 0 Å². The zero-order valence-electron chi connectivity index (χ0n) is 14.7. The summed E-state index contributed by atoms with van der Waals surface area (Å²) in [5, 5.41) is 0.605. The smallest absolute Gasteiger partial charge is 0.253 e. The molecule has 1 fully saturated rings. The normalized spacial score (nSPS) is 14.7. The van der Waals surface area contributed by atoms with Gasteiger partial charge in [0.05, 0.1) is 7.11 Å². The van der Waals surface area contributed by atoms with Gasteiger partial charge in [-0.1, -0.05) is 11.6 Å². The molecule has 1 saturated heterocycles. The predicted molar refractivity (Wildman–Crippen MR) is 101 cm³/mol. The van der Waals surface area contributed by atoms with E-state index in [2.05, 4.69) is 0 Å². The fraction of sp³-hybridized carbons (Fsp3) is 0.300. The zero-order chi connectivity index (χ0) is 18.5. The van der Waals surface area contributed by atoms with Gasteiger partial charge >= 0.3 is 0 Å². The summed E-state index contributed by atoms with van der Waals surface area (Å²) in [4.78, 5) is 28.9. The highest BCUT2D eigenvalue weighted by Gasteiger charge is 2.23. The van der Waals surface area contributed by atoms with Gasteiger partial charge in [0.15, 0.2) is 0 Å². The van der Waals surface area contributed by atoms with Crippen LogP contribution in [0, 0.1) is 0 Å².